The van der Waals surface area contributed by atoms with E-state index in [1.165, 1.54) is 5.56 Å². The Morgan fingerprint density at radius 3 is 2.57 bits per heavy atom. The Hall–Kier alpha value is -2.66. The van der Waals surface area contributed by atoms with E-state index in [1.807, 2.05) is 25.1 Å². The summed E-state index contributed by atoms with van der Waals surface area (Å²) in [4.78, 5) is 26.4. The highest BCUT2D eigenvalue weighted by molar-refractivity contribution is 5.86. The lowest BCUT2D eigenvalue weighted by Crippen LogP contribution is -2.61. The zero-order valence-corrected chi connectivity index (χ0v) is 16.6. The molecule has 2 aromatic rings. The minimum atomic E-state index is -1.19. The number of ether oxygens (including phenoxy) is 1. The van der Waals surface area contributed by atoms with Crippen LogP contribution in [0, 0.1) is 6.92 Å². The minimum Gasteiger partial charge on any atom is -0.367 e. The molecule has 0 saturated carbocycles. The van der Waals surface area contributed by atoms with Crippen LogP contribution in [0.4, 0.5) is 0 Å². The van der Waals surface area contributed by atoms with Gasteiger partial charge in [-0.15, -0.1) is 0 Å². The van der Waals surface area contributed by atoms with Gasteiger partial charge in [0, 0.05) is 19.4 Å². The maximum absolute atomic E-state index is 12.4. The SMILES string of the molecule is CCCC(=O)N1CCO[C@](Cc2cccc(-c3ccc(C)cc3)c2)(C(N)=O)C1. The molecule has 1 heterocycles. The van der Waals surface area contributed by atoms with Crippen LogP contribution in [0.3, 0.4) is 0 Å². The molecule has 3 rings (SSSR count). The van der Waals surface area contributed by atoms with E-state index in [9.17, 15) is 9.59 Å². The van der Waals surface area contributed by atoms with E-state index in [2.05, 4.69) is 37.3 Å². The first-order valence-electron chi connectivity index (χ1n) is 9.81. The number of hydrogen-bond acceptors (Lipinski definition) is 3. The Morgan fingerprint density at radius 2 is 1.89 bits per heavy atom. The number of hydrogen-bond donors (Lipinski definition) is 1. The molecule has 0 unspecified atom stereocenters. The molecule has 5 heteroatoms. The molecule has 2 aromatic carbocycles. The second-order valence-electron chi connectivity index (χ2n) is 7.52. The molecule has 5 nitrogen and oxygen atoms in total. The monoisotopic (exact) mass is 380 g/mol. The zero-order valence-electron chi connectivity index (χ0n) is 16.6. The van der Waals surface area contributed by atoms with Crippen LogP contribution < -0.4 is 5.73 Å². The summed E-state index contributed by atoms with van der Waals surface area (Å²) in [5, 5.41) is 0. The number of nitrogens with two attached hydrogens (primary N) is 1. The fourth-order valence-electron chi connectivity index (χ4n) is 3.65. The van der Waals surface area contributed by atoms with Crippen LogP contribution in [0.15, 0.2) is 48.5 Å². The maximum Gasteiger partial charge on any atom is 0.251 e. The molecule has 0 aromatic heterocycles. The van der Waals surface area contributed by atoms with E-state index in [-0.39, 0.29) is 12.5 Å². The van der Waals surface area contributed by atoms with Gasteiger partial charge >= 0.3 is 0 Å². The summed E-state index contributed by atoms with van der Waals surface area (Å²) in [6, 6.07) is 16.4. The number of rotatable bonds is 6. The summed E-state index contributed by atoms with van der Waals surface area (Å²) < 4.78 is 5.88. The van der Waals surface area contributed by atoms with Gasteiger partial charge in [-0.25, -0.2) is 0 Å². The van der Waals surface area contributed by atoms with Gasteiger partial charge in [-0.3, -0.25) is 9.59 Å². The van der Waals surface area contributed by atoms with E-state index >= 15 is 0 Å². The molecular formula is C23H28N2O3. The number of amides is 2. The molecule has 1 atom stereocenters. The predicted octanol–water partition coefficient (Wildman–Crippen LogP) is 3.09. The number of primary amides is 1. The molecule has 0 radical (unpaired) electrons. The van der Waals surface area contributed by atoms with E-state index in [1.54, 1.807) is 4.90 Å². The number of aryl methyl sites for hydroxylation is 1. The van der Waals surface area contributed by atoms with Crippen molar-refractivity contribution in [2.24, 2.45) is 5.73 Å². The zero-order chi connectivity index (χ0) is 20.1. The predicted molar refractivity (Wildman–Crippen MR) is 110 cm³/mol. The Labute approximate surface area is 166 Å². The van der Waals surface area contributed by atoms with Crippen molar-refractivity contribution in [2.75, 3.05) is 19.7 Å². The second kappa shape index (κ2) is 8.57. The molecule has 1 saturated heterocycles. The van der Waals surface area contributed by atoms with E-state index in [0.717, 1.165) is 23.1 Å². The third-order valence-corrected chi connectivity index (χ3v) is 5.25. The van der Waals surface area contributed by atoms with Crippen LogP contribution in [0.2, 0.25) is 0 Å². The molecular weight excluding hydrogens is 352 g/mol. The fourth-order valence-corrected chi connectivity index (χ4v) is 3.65. The highest BCUT2D eigenvalue weighted by atomic mass is 16.5. The molecule has 2 N–H and O–H groups in total. The largest absolute Gasteiger partial charge is 0.367 e. The van der Waals surface area contributed by atoms with Crippen LogP contribution in [0.1, 0.15) is 30.9 Å². The van der Waals surface area contributed by atoms with Gasteiger partial charge in [-0.1, -0.05) is 61.0 Å². The van der Waals surface area contributed by atoms with Crippen molar-refractivity contribution in [3.63, 3.8) is 0 Å². The van der Waals surface area contributed by atoms with Crippen molar-refractivity contribution in [2.45, 2.75) is 38.7 Å². The first-order chi connectivity index (χ1) is 13.4. The Morgan fingerprint density at radius 1 is 1.14 bits per heavy atom. The molecule has 1 aliphatic heterocycles. The Kier molecular flexibility index (Phi) is 6.15. The van der Waals surface area contributed by atoms with Gasteiger partial charge < -0.3 is 15.4 Å². The van der Waals surface area contributed by atoms with Crippen molar-refractivity contribution < 1.29 is 14.3 Å². The third kappa shape index (κ3) is 4.42. The van der Waals surface area contributed by atoms with Gasteiger partial charge in [-0.2, -0.15) is 0 Å². The quantitative estimate of drug-likeness (QED) is 0.837. The molecule has 0 bridgehead atoms. The highest BCUT2D eigenvalue weighted by Crippen LogP contribution is 2.27. The molecule has 148 valence electrons. The van der Waals surface area contributed by atoms with Gasteiger partial charge in [0.15, 0.2) is 5.60 Å². The van der Waals surface area contributed by atoms with E-state index in [4.69, 9.17) is 10.5 Å². The number of benzene rings is 2. The van der Waals surface area contributed by atoms with Crippen molar-refractivity contribution in [3.8, 4) is 11.1 Å². The summed E-state index contributed by atoms with van der Waals surface area (Å²) in [6.07, 6.45) is 1.59. The standard InChI is InChI=1S/C23H28N2O3/c1-3-5-21(26)25-12-13-28-23(16-25,22(24)27)15-18-6-4-7-20(14-18)19-10-8-17(2)9-11-19/h4,6-11,14H,3,5,12-13,15-16H2,1-2H3,(H2,24,27)/t23-/m0/s1. The third-order valence-electron chi connectivity index (χ3n) is 5.25. The van der Waals surface area contributed by atoms with Gasteiger partial charge in [-0.05, 0) is 30.0 Å². The van der Waals surface area contributed by atoms with Crippen molar-refractivity contribution >= 4 is 11.8 Å². The Balaban J connectivity index is 1.84. The van der Waals surface area contributed by atoms with Gasteiger partial charge in [0.1, 0.15) is 0 Å². The van der Waals surface area contributed by atoms with Gasteiger partial charge in [0.05, 0.1) is 13.2 Å². The molecule has 28 heavy (non-hydrogen) atoms. The number of carbonyl (C=O) groups is 2. The topological polar surface area (TPSA) is 72.6 Å². The lowest BCUT2D eigenvalue weighted by molar-refractivity contribution is -0.163. The smallest absolute Gasteiger partial charge is 0.251 e. The minimum absolute atomic E-state index is 0.0461. The summed E-state index contributed by atoms with van der Waals surface area (Å²) in [7, 11) is 0. The van der Waals surface area contributed by atoms with Gasteiger partial charge in [0.2, 0.25) is 5.91 Å². The van der Waals surface area contributed by atoms with Crippen molar-refractivity contribution in [3.05, 3.63) is 59.7 Å². The van der Waals surface area contributed by atoms with Crippen LogP contribution in [0.25, 0.3) is 11.1 Å². The number of nitrogens with zero attached hydrogens (tertiary/aromatic N) is 1. The maximum atomic E-state index is 12.4. The lowest BCUT2D eigenvalue weighted by Gasteiger charge is -2.41. The number of morpholine rings is 1. The van der Waals surface area contributed by atoms with Crippen LogP contribution in [-0.4, -0.2) is 42.0 Å². The normalized spacial score (nSPS) is 19.4. The summed E-state index contributed by atoms with van der Waals surface area (Å²) >= 11 is 0. The average Bonchev–Trinajstić information content (AvgIpc) is 2.69. The van der Waals surface area contributed by atoms with E-state index in [0.29, 0.717) is 26.0 Å². The first-order valence-corrected chi connectivity index (χ1v) is 9.81. The fraction of sp³-hybridized carbons (Fsp3) is 0.391. The Bertz CT molecular complexity index is 847. The van der Waals surface area contributed by atoms with E-state index < -0.39 is 11.5 Å². The molecule has 0 aliphatic carbocycles. The number of carbonyl (C=O) groups excluding carboxylic acids is 2. The summed E-state index contributed by atoms with van der Waals surface area (Å²) in [5.41, 5.74) is 8.92. The molecule has 1 fully saturated rings. The summed E-state index contributed by atoms with van der Waals surface area (Å²) in [6.45, 7) is 5.04. The average molecular weight is 380 g/mol. The first kappa shape index (κ1) is 20.1. The molecule has 1 aliphatic rings. The molecule has 2 amide bonds. The second-order valence-corrected chi connectivity index (χ2v) is 7.52. The van der Waals surface area contributed by atoms with Crippen LogP contribution >= 0.6 is 0 Å². The molecule has 0 spiro atoms. The highest BCUT2D eigenvalue weighted by Gasteiger charge is 2.43. The van der Waals surface area contributed by atoms with Crippen LogP contribution in [0.5, 0.6) is 0 Å². The van der Waals surface area contributed by atoms with Crippen molar-refractivity contribution in [1.29, 1.82) is 0 Å². The summed E-state index contributed by atoms with van der Waals surface area (Å²) in [5.74, 6) is -0.480. The van der Waals surface area contributed by atoms with Crippen LogP contribution in [-0.2, 0) is 20.7 Å². The van der Waals surface area contributed by atoms with Gasteiger partial charge in [0.25, 0.3) is 5.91 Å². The lowest BCUT2D eigenvalue weighted by atomic mass is 9.90. The van der Waals surface area contributed by atoms with Crippen molar-refractivity contribution in [1.82, 2.24) is 4.90 Å².